The van der Waals surface area contributed by atoms with Crippen molar-refractivity contribution >= 4 is 16.9 Å². The van der Waals surface area contributed by atoms with Gasteiger partial charge in [-0.3, -0.25) is 9.38 Å². The highest BCUT2D eigenvalue weighted by Gasteiger charge is 2.57. The van der Waals surface area contributed by atoms with Crippen LogP contribution in [-0.2, 0) is 9.47 Å². The maximum Gasteiger partial charge on any atom is 0.417 e. The molecule has 0 aliphatic carbocycles. The highest BCUT2D eigenvalue weighted by atomic mass is 32.2. The summed E-state index contributed by atoms with van der Waals surface area (Å²) in [6, 6.07) is -0.845. The molecule has 0 radical (unpaired) electrons. The molecule has 0 aromatic heterocycles. The monoisotopic (exact) mass is 404 g/mol. The summed E-state index contributed by atoms with van der Waals surface area (Å²) in [5.74, 6) is 0. The highest BCUT2D eigenvalue weighted by Crippen LogP contribution is 2.40. The molecule has 6 atom stereocenters. The number of hydrogen-bond donors (Lipinski definition) is 2. The van der Waals surface area contributed by atoms with E-state index in [9.17, 15) is 27.8 Å². The van der Waals surface area contributed by atoms with Crippen LogP contribution >= 0.6 is 11.8 Å². The number of rotatable bonds is 7. The minimum atomic E-state index is -4.78. The summed E-state index contributed by atoms with van der Waals surface area (Å²) in [7, 11) is 3.42. The minimum absolute atomic E-state index is 0.243. The van der Waals surface area contributed by atoms with Gasteiger partial charge in [-0.15, -0.1) is 0 Å². The van der Waals surface area contributed by atoms with Crippen molar-refractivity contribution < 1.29 is 37.2 Å². The molecule has 2 rings (SSSR count). The fourth-order valence-corrected chi connectivity index (χ4v) is 3.95. The van der Waals surface area contributed by atoms with E-state index in [4.69, 9.17) is 9.47 Å². The molecular formula is C15H24F4N2O4S. The van der Waals surface area contributed by atoms with Gasteiger partial charge in [0.25, 0.3) is 0 Å². The lowest BCUT2D eigenvalue weighted by atomic mass is 9.94. The first-order valence-electron chi connectivity index (χ1n) is 8.34. The van der Waals surface area contributed by atoms with Gasteiger partial charge in [0.1, 0.15) is 29.8 Å². The lowest BCUT2D eigenvalue weighted by molar-refractivity contribution is -0.284. The van der Waals surface area contributed by atoms with Crippen LogP contribution in [0.1, 0.15) is 19.3 Å². The van der Waals surface area contributed by atoms with Crippen molar-refractivity contribution in [2.24, 2.45) is 4.99 Å². The van der Waals surface area contributed by atoms with E-state index in [0.29, 0.717) is 11.6 Å². The molecule has 152 valence electrons. The van der Waals surface area contributed by atoms with Crippen LogP contribution in [0, 0.1) is 0 Å². The number of unbranched alkanes of at least 4 members (excludes halogenated alkanes) is 2. The van der Waals surface area contributed by atoms with Crippen molar-refractivity contribution in [3.8, 4) is 0 Å². The summed E-state index contributed by atoms with van der Waals surface area (Å²) in [6.45, 7) is -0.776. The van der Waals surface area contributed by atoms with Crippen molar-refractivity contribution in [1.29, 1.82) is 0 Å². The van der Waals surface area contributed by atoms with Gasteiger partial charge in [0.15, 0.2) is 11.3 Å². The second-order valence-corrected chi connectivity index (χ2v) is 7.51. The number of aliphatic hydroxyl groups excluding tert-OH is 2. The van der Waals surface area contributed by atoms with Crippen LogP contribution < -0.4 is 0 Å². The first-order chi connectivity index (χ1) is 12.2. The average Bonchev–Trinajstić information content (AvgIpc) is 2.98. The van der Waals surface area contributed by atoms with Crippen molar-refractivity contribution in [3.63, 3.8) is 0 Å². The third-order valence-corrected chi connectivity index (χ3v) is 5.47. The number of thioether (sulfide) groups is 1. The van der Waals surface area contributed by atoms with E-state index in [1.54, 1.807) is 19.0 Å². The smallest absolute Gasteiger partial charge is 0.388 e. The van der Waals surface area contributed by atoms with Crippen LogP contribution in [0.5, 0.6) is 0 Å². The summed E-state index contributed by atoms with van der Waals surface area (Å²) in [4.78, 5) is 5.86. The fourth-order valence-electron chi connectivity index (χ4n) is 2.80. The molecule has 1 unspecified atom stereocenters. The Morgan fingerprint density at radius 3 is 2.50 bits per heavy atom. The second kappa shape index (κ2) is 9.05. The fraction of sp³-hybridized carbons (Fsp3) is 0.933. The number of alkyl halides is 4. The maximum atomic E-state index is 13.4. The van der Waals surface area contributed by atoms with Gasteiger partial charge in [-0.1, -0.05) is 11.8 Å². The molecule has 11 heteroatoms. The predicted molar refractivity (Wildman–Crippen MR) is 88.8 cm³/mol. The Morgan fingerprint density at radius 1 is 1.23 bits per heavy atom. The Hall–Kier alpha value is -0.620. The van der Waals surface area contributed by atoms with E-state index in [2.05, 4.69) is 4.99 Å². The number of aliphatic imine (C=N–C) groups is 1. The predicted octanol–water partition coefficient (Wildman–Crippen LogP) is 1.55. The van der Waals surface area contributed by atoms with Gasteiger partial charge < -0.3 is 24.6 Å². The third kappa shape index (κ3) is 5.00. The van der Waals surface area contributed by atoms with Crippen LogP contribution in [0.4, 0.5) is 17.6 Å². The Kier molecular flexibility index (Phi) is 7.54. The molecular weight excluding hydrogens is 380 g/mol. The van der Waals surface area contributed by atoms with Crippen molar-refractivity contribution in [1.82, 2.24) is 4.90 Å². The van der Waals surface area contributed by atoms with E-state index in [0.717, 1.165) is 11.8 Å². The third-order valence-electron chi connectivity index (χ3n) is 4.17. The largest absolute Gasteiger partial charge is 0.417 e. The molecule has 0 aromatic carbocycles. The number of amidine groups is 1. The minimum Gasteiger partial charge on any atom is -0.388 e. The molecule has 0 amide bonds. The first kappa shape index (κ1) is 21.7. The molecule has 2 aliphatic rings. The van der Waals surface area contributed by atoms with Gasteiger partial charge in [-0.2, -0.15) is 13.2 Å². The summed E-state index contributed by atoms with van der Waals surface area (Å²) in [5.41, 5.74) is -0.837. The highest BCUT2D eigenvalue weighted by molar-refractivity contribution is 8.14. The topological polar surface area (TPSA) is 74.5 Å². The van der Waals surface area contributed by atoms with Gasteiger partial charge in [-0.05, 0) is 19.3 Å². The molecule has 1 fully saturated rings. The quantitative estimate of drug-likeness (QED) is 0.496. The van der Waals surface area contributed by atoms with Gasteiger partial charge in [-0.25, -0.2) is 0 Å². The molecule has 0 aromatic rings. The molecule has 2 aliphatic heterocycles. The zero-order chi connectivity index (χ0) is 19.5. The second-order valence-electron chi connectivity index (χ2n) is 6.45. The molecule has 0 saturated carbocycles. The Labute approximate surface area is 153 Å². The SMILES string of the molecule is CN(C)C1=N[C@@H]2[C@@H](O)[C@H](O)C([C@@H](OCCCCCF)C(F)(F)F)O[C@@H]2S1. The summed E-state index contributed by atoms with van der Waals surface area (Å²) in [6.07, 6.45) is -11.3. The average molecular weight is 404 g/mol. The molecule has 6 nitrogen and oxygen atoms in total. The van der Waals surface area contributed by atoms with E-state index in [1.165, 1.54) is 0 Å². The summed E-state index contributed by atoms with van der Waals surface area (Å²) < 4.78 is 62.7. The lowest BCUT2D eigenvalue weighted by Gasteiger charge is -2.41. The molecule has 1 saturated heterocycles. The summed E-state index contributed by atoms with van der Waals surface area (Å²) >= 11 is 1.09. The molecule has 2 N–H and O–H groups in total. The van der Waals surface area contributed by atoms with Gasteiger partial charge in [0.2, 0.25) is 0 Å². The normalized spacial score (nSPS) is 32.9. The zero-order valence-electron chi connectivity index (χ0n) is 14.5. The van der Waals surface area contributed by atoms with E-state index >= 15 is 0 Å². The Morgan fingerprint density at radius 2 is 1.92 bits per heavy atom. The number of fused-ring (bicyclic) bond motifs is 1. The number of halogens is 4. The maximum absolute atomic E-state index is 13.4. The number of hydrogen-bond acceptors (Lipinski definition) is 7. The van der Waals surface area contributed by atoms with Gasteiger partial charge in [0.05, 0.1) is 6.67 Å². The van der Waals surface area contributed by atoms with Crippen molar-refractivity contribution in [3.05, 3.63) is 0 Å². The van der Waals surface area contributed by atoms with Crippen LogP contribution in [0.2, 0.25) is 0 Å². The van der Waals surface area contributed by atoms with E-state index < -0.39 is 48.7 Å². The van der Waals surface area contributed by atoms with Crippen molar-refractivity contribution in [2.45, 2.75) is 61.3 Å². The number of ether oxygens (including phenoxy) is 2. The molecule has 26 heavy (non-hydrogen) atoms. The van der Waals surface area contributed by atoms with Crippen LogP contribution in [0.15, 0.2) is 4.99 Å². The summed E-state index contributed by atoms with van der Waals surface area (Å²) in [5, 5.41) is 20.9. The van der Waals surface area contributed by atoms with E-state index in [1.807, 2.05) is 0 Å². The van der Waals surface area contributed by atoms with Gasteiger partial charge >= 0.3 is 6.18 Å². The molecule has 0 bridgehead atoms. The standard InChI is InChI=1S/C15H24F4N2O4S/c1-21(2)14-20-8-9(22)10(23)11(25-13(8)26-14)12(15(17,18)19)24-7-5-3-4-6-16/h8-13,22-23H,3-7H2,1-2H3/t8-,9-,10+,11?,12-,13-/m1/s1. The van der Waals surface area contributed by atoms with Crippen LogP contribution in [0.25, 0.3) is 0 Å². The number of nitrogens with zero attached hydrogens (tertiary/aromatic N) is 2. The lowest BCUT2D eigenvalue weighted by Crippen LogP contribution is -2.61. The van der Waals surface area contributed by atoms with Crippen molar-refractivity contribution in [2.75, 3.05) is 27.4 Å². The number of aliphatic hydroxyl groups is 2. The molecule has 2 heterocycles. The van der Waals surface area contributed by atoms with Gasteiger partial charge in [0, 0.05) is 20.7 Å². The Balaban J connectivity index is 2.06. The van der Waals surface area contributed by atoms with E-state index in [-0.39, 0.29) is 19.4 Å². The van der Waals surface area contributed by atoms with Crippen LogP contribution in [-0.4, -0.2) is 89.7 Å². The Bertz CT molecular complexity index is 495. The first-order valence-corrected chi connectivity index (χ1v) is 9.22. The zero-order valence-corrected chi connectivity index (χ0v) is 15.3. The van der Waals surface area contributed by atoms with Crippen LogP contribution in [0.3, 0.4) is 0 Å². The molecule has 0 spiro atoms.